The van der Waals surface area contributed by atoms with Crippen molar-refractivity contribution in [1.82, 2.24) is 4.90 Å². The Kier molecular flexibility index (Phi) is 6.53. The van der Waals surface area contributed by atoms with Gasteiger partial charge in [0, 0.05) is 23.9 Å². The van der Waals surface area contributed by atoms with Gasteiger partial charge in [-0.05, 0) is 36.4 Å². The van der Waals surface area contributed by atoms with Gasteiger partial charge in [-0.25, -0.2) is 0 Å². The third-order valence-electron chi connectivity index (χ3n) is 4.50. The molecular formula is C22H25NO2S. The highest BCUT2D eigenvalue weighted by atomic mass is 32.2. The Hall–Kier alpha value is -2.04. The minimum atomic E-state index is -0.249. The minimum Gasteiger partial charge on any atom is -0.465 e. The first-order valence-electron chi connectivity index (χ1n) is 9.07. The van der Waals surface area contributed by atoms with Crippen molar-refractivity contribution >= 4 is 17.7 Å². The molecule has 2 aromatic rings. The third kappa shape index (κ3) is 4.77. The van der Waals surface area contributed by atoms with Gasteiger partial charge in [0.05, 0.1) is 6.61 Å². The molecular weight excluding hydrogens is 342 g/mol. The fourth-order valence-corrected chi connectivity index (χ4v) is 4.35. The average molecular weight is 368 g/mol. The maximum atomic E-state index is 12.6. The van der Waals surface area contributed by atoms with E-state index < -0.39 is 0 Å². The summed E-state index contributed by atoms with van der Waals surface area (Å²) in [5, 5.41) is 0. The number of carbonyl (C=O) groups excluding carboxylic acids is 1. The van der Waals surface area contributed by atoms with Crippen molar-refractivity contribution in [3.05, 3.63) is 77.2 Å². The highest BCUT2D eigenvalue weighted by Gasteiger charge is 2.34. The molecule has 0 aromatic heterocycles. The standard InChI is InChI=1S/C22H25NO2S/c1-3-25-22(24)21-15-20(26-19-12-8-5-9-13-19)14-17(2)23(21)16-18-10-6-4-7-11-18/h4-14,17,21H,3,15-16H2,1-2H3/t17-,21+/m0/s1. The minimum absolute atomic E-state index is 0.130. The van der Waals surface area contributed by atoms with Crippen molar-refractivity contribution in [1.29, 1.82) is 0 Å². The van der Waals surface area contributed by atoms with Crippen LogP contribution in [-0.2, 0) is 16.1 Å². The summed E-state index contributed by atoms with van der Waals surface area (Å²) < 4.78 is 5.38. The molecule has 1 aliphatic rings. The van der Waals surface area contributed by atoms with Gasteiger partial charge in [0.15, 0.2) is 0 Å². The predicted octanol–water partition coefficient (Wildman–Crippen LogP) is 4.89. The zero-order valence-corrected chi connectivity index (χ0v) is 16.1. The monoisotopic (exact) mass is 367 g/mol. The van der Waals surface area contributed by atoms with Crippen molar-refractivity contribution in [2.24, 2.45) is 0 Å². The van der Waals surface area contributed by atoms with Crippen LogP contribution < -0.4 is 0 Å². The van der Waals surface area contributed by atoms with Crippen LogP contribution in [0.5, 0.6) is 0 Å². The number of hydrogen-bond acceptors (Lipinski definition) is 4. The molecule has 2 atom stereocenters. The summed E-state index contributed by atoms with van der Waals surface area (Å²) in [6, 6.07) is 20.5. The second-order valence-electron chi connectivity index (χ2n) is 6.42. The molecule has 0 N–H and O–H groups in total. The molecule has 1 heterocycles. The zero-order chi connectivity index (χ0) is 18.4. The van der Waals surface area contributed by atoms with Crippen molar-refractivity contribution in [3.8, 4) is 0 Å². The topological polar surface area (TPSA) is 29.5 Å². The Morgan fingerprint density at radius 1 is 1.12 bits per heavy atom. The summed E-state index contributed by atoms with van der Waals surface area (Å²) in [7, 11) is 0. The average Bonchev–Trinajstić information content (AvgIpc) is 2.65. The van der Waals surface area contributed by atoms with E-state index in [4.69, 9.17) is 4.74 Å². The van der Waals surface area contributed by atoms with E-state index in [1.54, 1.807) is 11.8 Å². The number of benzene rings is 2. The summed E-state index contributed by atoms with van der Waals surface area (Å²) in [6.45, 7) is 5.17. The number of ether oxygens (including phenoxy) is 1. The van der Waals surface area contributed by atoms with E-state index in [0.717, 1.165) is 6.54 Å². The van der Waals surface area contributed by atoms with Crippen LogP contribution in [0, 0.1) is 0 Å². The van der Waals surface area contributed by atoms with Crippen LogP contribution in [0.2, 0.25) is 0 Å². The number of hydrogen-bond donors (Lipinski definition) is 0. The normalized spacial score (nSPS) is 20.5. The van der Waals surface area contributed by atoms with Crippen molar-refractivity contribution in [2.45, 2.75) is 43.8 Å². The Balaban J connectivity index is 1.81. The molecule has 3 nitrogen and oxygen atoms in total. The fraction of sp³-hybridized carbons (Fsp3) is 0.318. The van der Waals surface area contributed by atoms with E-state index in [-0.39, 0.29) is 18.1 Å². The van der Waals surface area contributed by atoms with Crippen LogP contribution in [0.3, 0.4) is 0 Å². The van der Waals surface area contributed by atoms with Gasteiger partial charge in [0.25, 0.3) is 0 Å². The van der Waals surface area contributed by atoms with Crippen LogP contribution in [0.15, 0.2) is 76.5 Å². The summed E-state index contributed by atoms with van der Waals surface area (Å²) in [6.07, 6.45) is 2.96. The molecule has 0 unspecified atom stereocenters. The van der Waals surface area contributed by atoms with Crippen molar-refractivity contribution in [3.63, 3.8) is 0 Å². The first-order chi connectivity index (χ1) is 12.7. The number of thioether (sulfide) groups is 1. The summed E-state index contributed by atoms with van der Waals surface area (Å²) in [5.74, 6) is -0.130. The quantitative estimate of drug-likeness (QED) is 0.680. The lowest BCUT2D eigenvalue weighted by Gasteiger charge is -2.38. The summed E-state index contributed by atoms with van der Waals surface area (Å²) >= 11 is 1.74. The lowest BCUT2D eigenvalue weighted by molar-refractivity contribution is -0.150. The van der Waals surface area contributed by atoms with Crippen molar-refractivity contribution < 1.29 is 9.53 Å². The Bertz CT molecular complexity index is 745. The van der Waals surface area contributed by atoms with Crippen LogP contribution in [0.4, 0.5) is 0 Å². The first-order valence-corrected chi connectivity index (χ1v) is 9.89. The van der Waals surface area contributed by atoms with Gasteiger partial charge < -0.3 is 4.74 Å². The molecule has 0 saturated carbocycles. The smallest absolute Gasteiger partial charge is 0.323 e. The van der Waals surface area contributed by atoms with E-state index in [1.807, 2.05) is 43.3 Å². The first kappa shape index (κ1) is 18.7. The molecule has 3 rings (SSSR count). The second-order valence-corrected chi connectivity index (χ2v) is 7.62. The number of carbonyl (C=O) groups is 1. The maximum Gasteiger partial charge on any atom is 0.323 e. The van der Waals surface area contributed by atoms with Gasteiger partial charge >= 0.3 is 5.97 Å². The van der Waals surface area contributed by atoms with E-state index in [1.165, 1.54) is 15.4 Å². The molecule has 26 heavy (non-hydrogen) atoms. The molecule has 136 valence electrons. The third-order valence-corrected chi connectivity index (χ3v) is 5.58. The van der Waals surface area contributed by atoms with Gasteiger partial charge in [-0.15, -0.1) is 0 Å². The molecule has 4 heteroatoms. The maximum absolute atomic E-state index is 12.6. The second kappa shape index (κ2) is 9.06. The number of nitrogens with zero attached hydrogens (tertiary/aromatic N) is 1. The summed E-state index contributed by atoms with van der Waals surface area (Å²) in [5.41, 5.74) is 1.21. The van der Waals surface area contributed by atoms with E-state index in [9.17, 15) is 4.79 Å². The molecule has 2 aromatic carbocycles. The molecule has 0 radical (unpaired) electrons. The highest BCUT2D eigenvalue weighted by Crippen LogP contribution is 2.36. The number of esters is 1. The van der Waals surface area contributed by atoms with Gasteiger partial charge in [-0.2, -0.15) is 0 Å². The van der Waals surface area contributed by atoms with E-state index in [0.29, 0.717) is 13.0 Å². The lowest BCUT2D eigenvalue weighted by atomic mass is 10.0. The molecule has 0 saturated heterocycles. The highest BCUT2D eigenvalue weighted by molar-refractivity contribution is 8.03. The van der Waals surface area contributed by atoms with Crippen molar-refractivity contribution in [2.75, 3.05) is 6.61 Å². The van der Waals surface area contributed by atoms with Gasteiger partial charge in [-0.1, -0.05) is 66.4 Å². The van der Waals surface area contributed by atoms with Crippen LogP contribution in [-0.4, -0.2) is 29.6 Å². The molecule has 0 amide bonds. The van der Waals surface area contributed by atoms with Crippen LogP contribution in [0.1, 0.15) is 25.8 Å². The Labute approximate surface area is 160 Å². The van der Waals surface area contributed by atoms with Crippen LogP contribution >= 0.6 is 11.8 Å². The molecule has 0 bridgehead atoms. The fourth-order valence-electron chi connectivity index (χ4n) is 3.25. The number of rotatable bonds is 6. The predicted molar refractivity (Wildman–Crippen MR) is 107 cm³/mol. The SMILES string of the molecule is CCOC(=O)[C@H]1CC(Sc2ccccc2)=C[C@H](C)N1Cc1ccccc1. The Morgan fingerprint density at radius 2 is 1.77 bits per heavy atom. The van der Waals surface area contributed by atoms with Crippen LogP contribution in [0.25, 0.3) is 0 Å². The van der Waals surface area contributed by atoms with E-state index in [2.05, 4.69) is 42.2 Å². The zero-order valence-electron chi connectivity index (χ0n) is 15.3. The van der Waals surface area contributed by atoms with Gasteiger partial charge in [0.2, 0.25) is 0 Å². The molecule has 0 spiro atoms. The lowest BCUT2D eigenvalue weighted by Crippen LogP contribution is -2.48. The molecule has 0 aliphatic carbocycles. The summed E-state index contributed by atoms with van der Waals surface area (Å²) in [4.78, 5) is 17.3. The van der Waals surface area contributed by atoms with Gasteiger partial charge in [-0.3, -0.25) is 9.69 Å². The molecule has 1 aliphatic heterocycles. The van der Waals surface area contributed by atoms with E-state index >= 15 is 0 Å². The Morgan fingerprint density at radius 3 is 2.42 bits per heavy atom. The van der Waals surface area contributed by atoms with Gasteiger partial charge in [0.1, 0.15) is 6.04 Å². The largest absolute Gasteiger partial charge is 0.465 e. The molecule has 0 fully saturated rings.